The Kier molecular flexibility index (Phi) is 2.19. The zero-order valence-electron chi connectivity index (χ0n) is 11.8. The Morgan fingerprint density at radius 1 is 1.25 bits per heavy atom. The number of aliphatic hydroxyl groups excluding tert-OH is 1. The third-order valence-electron chi connectivity index (χ3n) is 6.47. The van der Waals surface area contributed by atoms with Gasteiger partial charge in [0, 0.05) is 29.1 Å². The molecule has 1 spiro atoms. The minimum atomic E-state index is -0.124. The van der Waals surface area contributed by atoms with E-state index in [0.29, 0.717) is 18.0 Å². The van der Waals surface area contributed by atoms with E-state index in [1.165, 1.54) is 43.6 Å². The standard InChI is InChI=1S/C17H22N2O/c20-14-10-15-17(12-5-1-2-6-13(12)18-15)7-9-19-8-3-4-11(14)16(17)19/h1-2,5-6,11,14-16,18,20H,3-4,7-10H2/t11-,14-,15-,16-,17-/m1/s1. The third kappa shape index (κ3) is 1.20. The zero-order chi connectivity index (χ0) is 13.3. The van der Waals surface area contributed by atoms with Gasteiger partial charge in [-0.2, -0.15) is 0 Å². The quantitative estimate of drug-likeness (QED) is 0.756. The van der Waals surface area contributed by atoms with Crippen LogP contribution < -0.4 is 5.32 Å². The smallest absolute Gasteiger partial charge is 0.0603 e. The highest BCUT2D eigenvalue weighted by Gasteiger charge is 2.63. The maximum atomic E-state index is 10.6. The van der Waals surface area contributed by atoms with Gasteiger partial charge in [0.25, 0.3) is 0 Å². The van der Waals surface area contributed by atoms with Crippen molar-refractivity contribution in [3.63, 3.8) is 0 Å². The number of fused-ring (bicyclic) bond motifs is 1. The number of rotatable bonds is 0. The van der Waals surface area contributed by atoms with Crippen LogP contribution in [0.4, 0.5) is 5.69 Å². The summed E-state index contributed by atoms with van der Waals surface area (Å²) in [5.74, 6) is 0.482. The number of nitrogens with one attached hydrogen (secondary N) is 1. The van der Waals surface area contributed by atoms with Gasteiger partial charge in [0.15, 0.2) is 0 Å². The van der Waals surface area contributed by atoms with Crippen molar-refractivity contribution in [1.82, 2.24) is 4.90 Å². The lowest BCUT2D eigenvalue weighted by Gasteiger charge is -2.52. The number of para-hydroxylation sites is 1. The molecule has 0 radical (unpaired) electrons. The number of nitrogens with zero attached hydrogens (tertiary/aromatic N) is 1. The molecule has 3 aliphatic heterocycles. The van der Waals surface area contributed by atoms with Crippen LogP contribution in [0.5, 0.6) is 0 Å². The normalized spacial score (nSPS) is 45.5. The maximum Gasteiger partial charge on any atom is 0.0603 e. The average molecular weight is 270 g/mol. The number of aliphatic hydroxyl groups is 1. The fourth-order valence-electron chi connectivity index (χ4n) is 5.81. The van der Waals surface area contributed by atoms with Gasteiger partial charge in [0.1, 0.15) is 0 Å². The Bertz CT molecular complexity index is 560. The summed E-state index contributed by atoms with van der Waals surface area (Å²) in [5.41, 5.74) is 3.11. The van der Waals surface area contributed by atoms with E-state index in [4.69, 9.17) is 0 Å². The second kappa shape index (κ2) is 3.77. The summed E-state index contributed by atoms with van der Waals surface area (Å²) < 4.78 is 0. The van der Waals surface area contributed by atoms with E-state index in [2.05, 4.69) is 34.5 Å². The van der Waals surface area contributed by atoms with Crippen LogP contribution in [-0.4, -0.2) is 41.3 Å². The highest BCUT2D eigenvalue weighted by Crippen LogP contribution is 2.58. The zero-order valence-corrected chi connectivity index (χ0v) is 11.8. The molecule has 0 unspecified atom stereocenters. The van der Waals surface area contributed by atoms with Crippen LogP contribution in [0.2, 0.25) is 0 Å². The Balaban J connectivity index is 1.71. The van der Waals surface area contributed by atoms with E-state index in [-0.39, 0.29) is 11.5 Å². The minimum absolute atomic E-state index is 0.124. The van der Waals surface area contributed by atoms with Crippen molar-refractivity contribution in [3.05, 3.63) is 29.8 Å². The van der Waals surface area contributed by atoms with Crippen molar-refractivity contribution < 1.29 is 5.11 Å². The molecule has 20 heavy (non-hydrogen) atoms. The van der Waals surface area contributed by atoms with Crippen LogP contribution in [0.25, 0.3) is 0 Å². The van der Waals surface area contributed by atoms with Gasteiger partial charge in [-0.25, -0.2) is 0 Å². The van der Waals surface area contributed by atoms with E-state index in [1.54, 1.807) is 0 Å². The first-order valence-corrected chi connectivity index (χ1v) is 8.09. The summed E-state index contributed by atoms with van der Waals surface area (Å²) in [6, 6.07) is 9.84. The van der Waals surface area contributed by atoms with Crippen LogP contribution in [-0.2, 0) is 5.41 Å². The van der Waals surface area contributed by atoms with Gasteiger partial charge in [0.05, 0.1) is 6.10 Å². The number of hydrogen-bond acceptors (Lipinski definition) is 3. The summed E-state index contributed by atoms with van der Waals surface area (Å²) in [5, 5.41) is 14.4. The van der Waals surface area contributed by atoms with E-state index in [0.717, 1.165) is 6.42 Å². The SMILES string of the molecule is O[C@@H]1C[C@H]2Nc3ccccc3[C@]23CCN2CCC[C@H]1[C@@H]23. The minimum Gasteiger partial charge on any atom is -0.393 e. The van der Waals surface area contributed by atoms with Crippen molar-refractivity contribution in [2.24, 2.45) is 5.92 Å². The Morgan fingerprint density at radius 3 is 3.10 bits per heavy atom. The van der Waals surface area contributed by atoms with Crippen LogP contribution in [0, 0.1) is 5.92 Å². The molecule has 5 atom stereocenters. The Morgan fingerprint density at radius 2 is 2.15 bits per heavy atom. The van der Waals surface area contributed by atoms with E-state index in [9.17, 15) is 5.11 Å². The molecular formula is C17H22N2O. The molecule has 1 saturated carbocycles. The molecule has 3 heteroatoms. The number of benzene rings is 1. The molecule has 3 nitrogen and oxygen atoms in total. The van der Waals surface area contributed by atoms with Crippen molar-refractivity contribution in [3.8, 4) is 0 Å². The molecule has 2 saturated heterocycles. The van der Waals surface area contributed by atoms with Gasteiger partial charge in [-0.05, 0) is 50.4 Å². The van der Waals surface area contributed by atoms with Crippen molar-refractivity contribution in [1.29, 1.82) is 0 Å². The first-order chi connectivity index (χ1) is 9.80. The predicted octanol–water partition coefficient (Wildman–Crippen LogP) is 1.97. The van der Waals surface area contributed by atoms with Gasteiger partial charge in [-0.3, -0.25) is 4.90 Å². The van der Waals surface area contributed by atoms with Gasteiger partial charge in [-0.15, -0.1) is 0 Å². The molecule has 106 valence electrons. The highest BCUT2D eigenvalue weighted by molar-refractivity contribution is 5.64. The Labute approximate surface area is 120 Å². The van der Waals surface area contributed by atoms with Gasteiger partial charge in [0.2, 0.25) is 0 Å². The van der Waals surface area contributed by atoms with Crippen molar-refractivity contribution >= 4 is 5.69 Å². The van der Waals surface area contributed by atoms with Crippen molar-refractivity contribution in [2.75, 3.05) is 18.4 Å². The monoisotopic (exact) mass is 270 g/mol. The van der Waals surface area contributed by atoms with E-state index in [1.807, 2.05) is 0 Å². The summed E-state index contributed by atoms with van der Waals surface area (Å²) in [6.07, 6.45) is 4.52. The van der Waals surface area contributed by atoms with Crippen LogP contribution in [0.3, 0.4) is 0 Å². The van der Waals surface area contributed by atoms with Crippen LogP contribution in [0.1, 0.15) is 31.2 Å². The Hall–Kier alpha value is -1.06. The van der Waals surface area contributed by atoms with Crippen molar-refractivity contribution in [2.45, 2.75) is 49.3 Å². The second-order valence-corrected chi connectivity index (χ2v) is 7.12. The molecule has 2 N–H and O–H groups in total. The first kappa shape index (κ1) is 11.6. The van der Waals surface area contributed by atoms with Gasteiger partial charge in [-0.1, -0.05) is 18.2 Å². The summed E-state index contributed by atoms with van der Waals surface area (Å²) in [4.78, 5) is 2.67. The summed E-state index contributed by atoms with van der Waals surface area (Å²) in [7, 11) is 0. The number of hydrogen-bond donors (Lipinski definition) is 2. The maximum absolute atomic E-state index is 10.6. The summed E-state index contributed by atoms with van der Waals surface area (Å²) >= 11 is 0. The topological polar surface area (TPSA) is 35.5 Å². The molecule has 1 aliphatic carbocycles. The second-order valence-electron chi connectivity index (χ2n) is 7.12. The van der Waals surface area contributed by atoms with Crippen LogP contribution >= 0.6 is 0 Å². The average Bonchev–Trinajstić information content (AvgIpc) is 3.01. The first-order valence-electron chi connectivity index (χ1n) is 8.09. The predicted molar refractivity (Wildman–Crippen MR) is 78.9 cm³/mol. The summed E-state index contributed by atoms with van der Waals surface area (Å²) in [6.45, 7) is 2.44. The molecule has 3 heterocycles. The number of anilines is 1. The largest absolute Gasteiger partial charge is 0.393 e. The van der Waals surface area contributed by atoms with E-state index < -0.39 is 0 Å². The van der Waals surface area contributed by atoms with Crippen LogP contribution in [0.15, 0.2) is 24.3 Å². The molecule has 5 rings (SSSR count). The molecule has 0 amide bonds. The lowest BCUT2D eigenvalue weighted by atomic mass is 9.59. The van der Waals surface area contributed by atoms with E-state index >= 15 is 0 Å². The van der Waals surface area contributed by atoms with Gasteiger partial charge < -0.3 is 10.4 Å². The lowest BCUT2D eigenvalue weighted by molar-refractivity contribution is -0.0384. The molecule has 0 bridgehead atoms. The fraction of sp³-hybridized carbons (Fsp3) is 0.647. The van der Waals surface area contributed by atoms with Gasteiger partial charge >= 0.3 is 0 Å². The molecule has 3 fully saturated rings. The molecule has 1 aromatic carbocycles. The molecular weight excluding hydrogens is 248 g/mol. The lowest BCUT2D eigenvalue weighted by Crippen LogP contribution is -2.62. The third-order valence-corrected chi connectivity index (χ3v) is 6.47. The number of piperidine rings is 1. The molecule has 0 aromatic heterocycles. The molecule has 4 aliphatic rings. The molecule has 1 aromatic rings. The highest BCUT2D eigenvalue weighted by atomic mass is 16.3. The fourth-order valence-corrected chi connectivity index (χ4v) is 5.81.